The van der Waals surface area contributed by atoms with Crippen molar-refractivity contribution < 1.29 is 13.9 Å². The Morgan fingerprint density at radius 1 is 1.26 bits per heavy atom. The van der Waals surface area contributed by atoms with Gasteiger partial charge in [-0.2, -0.15) is 0 Å². The minimum atomic E-state index is -0.226. The van der Waals surface area contributed by atoms with Gasteiger partial charge in [0.2, 0.25) is 11.8 Å². The second-order valence-corrected chi connectivity index (χ2v) is 11.9. The molecule has 0 spiro atoms. The van der Waals surface area contributed by atoms with Gasteiger partial charge in [-0.15, -0.1) is 11.8 Å². The summed E-state index contributed by atoms with van der Waals surface area (Å²) in [4.78, 5) is 20.4. The fourth-order valence-corrected chi connectivity index (χ4v) is 5.61. The van der Waals surface area contributed by atoms with Gasteiger partial charge in [0.05, 0.1) is 22.4 Å². The maximum Gasteiger partial charge on any atom is 0.247 e. The Morgan fingerprint density at radius 2 is 2.06 bits per heavy atom. The number of benzene rings is 1. The van der Waals surface area contributed by atoms with Gasteiger partial charge in [-0.05, 0) is 49.6 Å². The van der Waals surface area contributed by atoms with E-state index in [0.717, 1.165) is 58.1 Å². The zero-order chi connectivity index (χ0) is 24.8. The molecule has 1 fully saturated rings. The number of ether oxygens (including phenoxy) is 1. The summed E-state index contributed by atoms with van der Waals surface area (Å²) in [6, 6.07) is 7.78. The summed E-state index contributed by atoms with van der Waals surface area (Å²) in [5.74, 6) is 2.92. The molecule has 4 rings (SSSR count). The summed E-state index contributed by atoms with van der Waals surface area (Å²) in [5, 5.41) is 7.27. The molecule has 1 saturated carbocycles. The zero-order valence-electron chi connectivity index (χ0n) is 20.4. The van der Waals surface area contributed by atoms with Crippen LogP contribution in [-0.4, -0.2) is 28.0 Å². The van der Waals surface area contributed by atoms with Crippen molar-refractivity contribution in [1.82, 2.24) is 9.97 Å². The molecule has 1 aliphatic carbocycles. The molecule has 9 heteroatoms. The highest BCUT2D eigenvalue weighted by Crippen LogP contribution is 2.33. The Balaban J connectivity index is 1.25. The Morgan fingerprint density at radius 3 is 2.77 bits per heavy atom. The molecule has 0 saturated heterocycles. The first-order valence-corrected chi connectivity index (χ1v) is 13.6. The Hall–Kier alpha value is -2.78. The maximum absolute atomic E-state index is 11.4. The average molecular weight is 513 g/mol. The molecular formula is C26H32N4O3S2. The smallest absolute Gasteiger partial charge is 0.247 e. The number of aromatic nitrogens is 2. The third-order valence-corrected chi connectivity index (χ3v) is 7.79. The number of oxazole rings is 1. The van der Waals surface area contributed by atoms with Crippen LogP contribution < -0.4 is 15.4 Å². The number of carbonyl (C=O) groups is 1. The highest BCUT2D eigenvalue weighted by molar-refractivity contribution is 8.00. The van der Waals surface area contributed by atoms with Crippen LogP contribution in [0.25, 0.3) is 0 Å². The zero-order valence-corrected chi connectivity index (χ0v) is 22.0. The molecule has 0 aliphatic heterocycles. The first-order valence-electron chi connectivity index (χ1n) is 11.8. The lowest BCUT2D eigenvalue weighted by atomic mass is 9.93. The molecule has 2 heterocycles. The van der Waals surface area contributed by atoms with Crippen LogP contribution in [0, 0.1) is 0 Å². The fourth-order valence-electron chi connectivity index (χ4n) is 3.81. The molecule has 7 nitrogen and oxygen atoms in total. The van der Waals surface area contributed by atoms with Crippen molar-refractivity contribution in [2.24, 2.45) is 0 Å². The normalized spacial score (nSPS) is 18.1. The summed E-state index contributed by atoms with van der Waals surface area (Å²) in [5.41, 5.74) is 0.686. The van der Waals surface area contributed by atoms with Crippen LogP contribution in [0.3, 0.4) is 0 Å². The van der Waals surface area contributed by atoms with Crippen molar-refractivity contribution in [3.05, 3.63) is 61.0 Å². The fraction of sp³-hybridized carbons (Fsp3) is 0.423. The highest BCUT2D eigenvalue weighted by Gasteiger charge is 2.24. The number of anilines is 2. The predicted octanol–water partition coefficient (Wildman–Crippen LogP) is 6.65. The van der Waals surface area contributed by atoms with Gasteiger partial charge < -0.3 is 19.8 Å². The topological polar surface area (TPSA) is 89.3 Å². The first kappa shape index (κ1) is 25.3. The summed E-state index contributed by atoms with van der Waals surface area (Å²) in [6.07, 6.45) is 9.28. The van der Waals surface area contributed by atoms with Crippen molar-refractivity contribution >= 4 is 39.8 Å². The first-order chi connectivity index (χ1) is 16.8. The third kappa shape index (κ3) is 7.35. The van der Waals surface area contributed by atoms with Crippen molar-refractivity contribution in [2.75, 3.05) is 10.6 Å². The molecular weight excluding hydrogens is 480 g/mol. The summed E-state index contributed by atoms with van der Waals surface area (Å²) in [7, 11) is 0. The van der Waals surface area contributed by atoms with Gasteiger partial charge in [-0.3, -0.25) is 4.79 Å². The number of nitrogens with one attached hydrogen (secondary N) is 2. The van der Waals surface area contributed by atoms with Crippen LogP contribution in [0.4, 0.5) is 10.8 Å². The van der Waals surface area contributed by atoms with Gasteiger partial charge in [0.25, 0.3) is 0 Å². The van der Waals surface area contributed by atoms with Crippen LogP contribution in [-0.2, 0) is 16.0 Å². The van der Waals surface area contributed by atoms with E-state index in [1.807, 2.05) is 36.7 Å². The lowest BCUT2D eigenvalue weighted by Gasteiger charge is -2.30. The Labute approximate surface area is 214 Å². The number of rotatable bonds is 9. The van der Waals surface area contributed by atoms with Crippen molar-refractivity contribution in [2.45, 2.75) is 74.0 Å². The van der Waals surface area contributed by atoms with Gasteiger partial charge in [0.1, 0.15) is 17.6 Å². The van der Waals surface area contributed by atoms with Gasteiger partial charge >= 0.3 is 0 Å². The largest absolute Gasteiger partial charge is 0.490 e. The van der Waals surface area contributed by atoms with Crippen LogP contribution >= 0.6 is 23.1 Å². The molecule has 0 bridgehead atoms. The van der Waals surface area contributed by atoms with E-state index in [2.05, 4.69) is 48.0 Å². The Bertz CT molecular complexity index is 1130. The van der Waals surface area contributed by atoms with E-state index in [-0.39, 0.29) is 17.4 Å². The van der Waals surface area contributed by atoms with Crippen LogP contribution in [0.2, 0.25) is 0 Å². The second kappa shape index (κ2) is 11.3. The van der Waals surface area contributed by atoms with Crippen LogP contribution in [0.15, 0.2) is 57.9 Å². The van der Waals surface area contributed by atoms with E-state index in [1.165, 1.54) is 6.08 Å². The molecule has 2 atom stereocenters. The number of hydrogen-bond donors (Lipinski definition) is 2. The van der Waals surface area contributed by atoms with E-state index in [1.54, 1.807) is 23.1 Å². The van der Waals surface area contributed by atoms with Crippen LogP contribution in [0.5, 0.6) is 5.75 Å². The minimum absolute atomic E-state index is 0.0361. The molecule has 0 radical (unpaired) electrons. The minimum Gasteiger partial charge on any atom is -0.490 e. The molecule has 1 aromatic carbocycles. The van der Waals surface area contributed by atoms with E-state index in [9.17, 15) is 4.79 Å². The second-order valence-electron chi connectivity index (χ2n) is 9.61. The van der Waals surface area contributed by atoms with Crippen molar-refractivity contribution in [1.29, 1.82) is 0 Å². The van der Waals surface area contributed by atoms with Gasteiger partial charge in [0.15, 0.2) is 5.13 Å². The number of amides is 1. The van der Waals surface area contributed by atoms with Gasteiger partial charge in [-0.25, -0.2) is 9.97 Å². The molecule has 35 heavy (non-hydrogen) atoms. The Kier molecular flexibility index (Phi) is 8.18. The summed E-state index contributed by atoms with van der Waals surface area (Å²) >= 11 is 3.35. The van der Waals surface area contributed by atoms with Gasteiger partial charge in [0, 0.05) is 23.6 Å². The van der Waals surface area contributed by atoms with E-state index >= 15 is 0 Å². The SMILES string of the molecule is C=CC(=O)Nc1ccc(OC2CCCC(Nc3ncc(SCc4ncc(C(C)(C)C)o4)s3)C2)cc1. The lowest BCUT2D eigenvalue weighted by Crippen LogP contribution is -2.33. The van der Waals surface area contributed by atoms with E-state index in [0.29, 0.717) is 11.8 Å². The number of thiazole rings is 1. The molecule has 1 amide bonds. The third-order valence-electron chi connectivity index (χ3n) is 5.68. The quantitative estimate of drug-likeness (QED) is 0.245. The van der Waals surface area contributed by atoms with Crippen molar-refractivity contribution in [3.63, 3.8) is 0 Å². The molecule has 2 N–H and O–H groups in total. The van der Waals surface area contributed by atoms with Gasteiger partial charge in [-0.1, -0.05) is 38.7 Å². The van der Waals surface area contributed by atoms with E-state index < -0.39 is 0 Å². The number of nitrogens with zero attached hydrogens (tertiary/aromatic N) is 2. The predicted molar refractivity (Wildman–Crippen MR) is 142 cm³/mol. The summed E-state index contributed by atoms with van der Waals surface area (Å²) < 4.78 is 13.2. The molecule has 186 valence electrons. The number of carbonyl (C=O) groups excluding carboxylic acids is 1. The summed E-state index contributed by atoms with van der Waals surface area (Å²) in [6.45, 7) is 9.82. The molecule has 2 aromatic heterocycles. The standard InChI is InChI=1S/C26H32N4O3S2/c1-5-22(31)29-17-9-11-19(12-10-17)32-20-8-6-7-18(13-20)30-25-28-15-24(35-25)34-16-23-27-14-21(33-23)26(2,3)4/h5,9-12,14-15,18,20H,1,6-8,13,16H2,2-4H3,(H,28,30)(H,29,31). The van der Waals surface area contributed by atoms with Crippen LogP contribution in [0.1, 0.15) is 58.1 Å². The molecule has 1 aliphatic rings. The van der Waals surface area contributed by atoms with E-state index in [4.69, 9.17) is 9.15 Å². The number of thioether (sulfide) groups is 1. The van der Waals surface area contributed by atoms with Crippen molar-refractivity contribution in [3.8, 4) is 5.75 Å². The maximum atomic E-state index is 11.4. The molecule has 3 aromatic rings. The highest BCUT2D eigenvalue weighted by atomic mass is 32.2. The molecule has 2 unspecified atom stereocenters. The average Bonchev–Trinajstić information content (AvgIpc) is 3.49. The number of hydrogen-bond acceptors (Lipinski definition) is 8. The lowest BCUT2D eigenvalue weighted by molar-refractivity contribution is -0.111. The monoisotopic (exact) mass is 512 g/mol.